The van der Waals surface area contributed by atoms with Crippen molar-refractivity contribution in [1.82, 2.24) is 5.48 Å². The van der Waals surface area contributed by atoms with Crippen molar-refractivity contribution in [2.75, 3.05) is 0 Å². The van der Waals surface area contributed by atoms with Crippen molar-refractivity contribution in [3.63, 3.8) is 0 Å². The second-order valence-corrected chi connectivity index (χ2v) is 5.63. The maximum absolute atomic E-state index is 14.5. The van der Waals surface area contributed by atoms with Crippen molar-refractivity contribution in [2.24, 2.45) is 4.99 Å². The quantitative estimate of drug-likeness (QED) is 0.421. The summed E-state index contributed by atoms with van der Waals surface area (Å²) in [5.41, 5.74) is 3.60. The number of carbonyl (C=O) groups excluding carboxylic acids is 1. The normalized spacial score (nSPS) is 12.2. The smallest absolute Gasteiger partial charge is 0.275 e. The molecule has 0 atom stereocenters. The van der Waals surface area contributed by atoms with Crippen LogP contribution in [-0.4, -0.2) is 16.8 Å². The first kappa shape index (κ1) is 16.0. The number of hydrogen-bond donors (Lipinski definition) is 2. The van der Waals surface area contributed by atoms with Crippen LogP contribution in [0, 0.1) is 5.82 Å². The van der Waals surface area contributed by atoms with Crippen molar-refractivity contribution in [1.29, 1.82) is 0 Å². The predicted octanol–water partition coefficient (Wildman–Crippen LogP) is 4.22. The number of fused-ring (bicyclic) bond motifs is 2. The Morgan fingerprint density at radius 2 is 1.69 bits per heavy atom. The highest BCUT2D eigenvalue weighted by molar-refractivity contribution is 6.20. The lowest BCUT2D eigenvalue weighted by molar-refractivity contribution is 0.0706. The summed E-state index contributed by atoms with van der Waals surface area (Å²) < 4.78 is 20.2. The average Bonchev–Trinajstić information content (AvgIpc) is 2.85. The zero-order chi connectivity index (χ0) is 18.1. The van der Waals surface area contributed by atoms with Gasteiger partial charge in [-0.3, -0.25) is 10.0 Å². The van der Waals surface area contributed by atoms with Crippen molar-refractivity contribution in [3.05, 3.63) is 89.2 Å². The summed E-state index contributed by atoms with van der Waals surface area (Å²) in [5.74, 6) is -0.760. The first-order valence-corrected chi connectivity index (χ1v) is 7.87. The van der Waals surface area contributed by atoms with Gasteiger partial charge in [0.05, 0.1) is 11.3 Å². The van der Waals surface area contributed by atoms with Crippen molar-refractivity contribution in [3.8, 4) is 11.5 Å². The third kappa shape index (κ3) is 2.62. The topological polar surface area (TPSA) is 70.9 Å². The molecule has 5 nitrogen and oxygen atoms in total. The third-order valence-corrected chi connectivity index (χ3v) is 4.06. The molecule has 0 aliphatic carbocycles. The molecule has 1 aliphatic heterocycles. The molecule has 26 heavy (non-hydrogen) atoms. The summed E-state index contributed by atoms with van der Waals surface area (Å²) in [5, 5.41) is 9.04. The molecule has 0 spiro atoms. The second kappa shape index (κ2) is 6.42. The number of nitrogens with zero attached hydrogens (tertiary/aromatic N) is 1. The van der Waals surface area contributed by atoms with E-state index >= 15 is 0 Å². The van der Waals surface area contributed by atoms with Gasteiger partial charge in [0.1, 0.15) is 5.69 Å². The van der Waals surface area contributed by atoms with Gasteiger partial charge in [0.2, 0.25) is 0 Å². The van der Waals surface area contributed by atoms with Crippen LogP contribution in [0.4, 0.5) is 10.1 Å². The number of halogens is 1. The van der Waals surface area contributed by atoms with E-state index in [-0.39, 0.29) is 11.3 Å². The molecule has 0 saturated carbocycles. The fourth-order valence-corrected chi connectivity index (χ4v) is 2.88. The molecule has 3 aromatic carbocycles. The monoisotopic (exact) mass is 348 g/mol. The Balaban J connectivity index is 2.03. The van der Waals surface area contributed by atoms with Crippen LogP contribution in [0.2, 0.25) is 0 Å². The molecule has 4 rings (SSSR count). The third-order valence-electron chi connectivity index (χ3n) is 4.06. The van der Waals surface area contributed by atoms with Gasteiger partial charge in [0.15, 0.2) is 17.3 Å². The van der Waals surface area contributed by atoms with E-state index in [1.807, 2.05) is 0 Å². The lowest BCUT2D eigenvalue weighted by Gasteiger charge is -2.13. The van der Waals surface area contributed by atoms with Gasteiger partial charge < -0.3 is 4.74 Å². The van der Waals surface area contributed by atoms with Gasteiger partial charge in [-0.05, 0) is 30.3 Å². The molecule has 3 aromatic rings. The molecule has 0 radical (unpaired) electrons. The van der Waals surface area contributed by atoms with Crippen LogP contribution in [0.15, 0.2) is 71.7 Å². The van der Waals surface area contributed by atoms with E-state index in [9.17, 15) is 9.18 Å². The van der Waals surface area contributed by atoms with E-state index in [4.69, 9.17) is 9.94 Å². The molecule has 0 fully saturated rings. The Morgan fingerprint density at radius 1 is 0.962 bits per heavy atom. The van der Waals surface area contributed by atoms with Gasteiger partial charge in [-0.25, -0.2) is 14.9 Å². The zero-order valence-electron chi connectivity index (χ0n) is 13.4. The molecule has 1 heterocycles. The molecule has 2 N–H and O–H groups in total. The van der Waals surface area contributed by atoms with E-state index in [0.29, 0.717) is 28.3 Å². The Kier molecular flexibility index (Phi) is 3.95. The van der Waals surface area contributed by atoms with E-state index in [1.165, 1.54) is 6.07 Å². The minimum atomic E-state index is -0.681. The number of hydrogen-bond acceptors (Lipinski definition) is 4. The van der Waals surface area contributed by atoms with Crippen molar-refractivity contribution >= 4 is 17.3 Å². The number of hydroxylamine groups is 1. The maximum Gasteiger partial charge on any atom is 0.275 e. The highest BCUT2D eigenvalue weighted by Crippen LogP contribution is 2.40. The Labute approximate surface area is 148 Å². The van der Waals surface area contributed by atoms with E-state index in [1.54, 1.807) is 66.1 Å². The lowest BCUT2D eigenvalue weighted by atomic mass is 9.96. The maximum atomic E-state index is 14.5. The second-order valence-electron chi connectivity index (χ2n) is 5.63. The summed E-state index contributed by atoms with van der Waals surface area (Å²) in [4.78, 5) is 16.7. The molecule has 6 heteroatoms. The zero-order valence-corrected chi connectivity index (χ0v) is 13.4. The molecule has 0 aromatic heterocycles. The van der Waals surface area contributed by atoms with E-state index in [2.05, 4.69) is 4.99 Å². The van der Waals surface area contributed by atoms with Crippen LogP contribution < -0.4 is 10.2 Å². The molecule has 0 bridgehead atoms. The molecule has 1 aliphatic rings. The van der Waals surface area contributed by atoms with Gasteiger partial charge in [-0.2, -0.15) is 0 Å². The molecular formula is C20H13FN2O3. The number of carbonyl (C=O) groups is 1. The summed E-state index contributed by atoms with van der Waals surface area (Å²) in [6.07, 6.45) is 0. The molecule has 1 amide bonds. The minimum absolute atomic E-state index is 0.0374. The average molecular weight is 348 g/mol. The molecule has 0 saturated heterocycles. The van der Waals surface area contributed by atoms with Crippen LogP contribution in [0.1, 0.15) is 21.5 Å². The van der Waals surface area contributed by atoms with E-state index < -0.39 is 11.7 Å². The van der Waals surface area contributed by atoms with Crippen LogP contribution in [-0.2, 0) is 0 Å². The predicted molar refractivity (Wildman–Crippen MR) is 93.9 cm³/mol. The summed E-state index contributed by atoms with van der Waals surface area (Å²) >= 11 is 0. The minimum Gasteiger partial charge on any atom is -0.451 e. The summed E-state index contributed by atoms with van der Waals surface area (Å²) in [6, 6.07) is 18.2. The Hall–Kier alpha value is -3.51. The van der Waals surface area contributed by atoms with Gasteiger partial charge in [0.25, 0.3) is 5.91 Å². The van der Waals surface area contributed by atoms with Crippen molar-refractivity contribution in [2.45, 2.75) is 0 Å². The fourth-order valence-electron chi connectivity index (χ4n) is 2.88. The lowest BCUT2D eigenvalue weighted by Crippen LogP contribution is -2.22. The highest BCUT2D eigenvalue weighted by atomic mass is 19.1. The molecular weight excluding hydrogens is 335 g/mol. The van der Waals surface area contributed by atoms with Gasteiger partial charge in [-0.15, -0.1) is 0 Å². The van der Waals surface area contributed by atoms with Crippen molar-refractivity contribution < 1.29 is 19.1 Å². The number of para-hydroxylation sites is 3. The number of amides is 1. The highest BCUT2D eigenvalue weighted by Gasteiger charge is 2.25. The van der Waals surface area contributed by atoms with Crippen LogP contribution >= 0.6 is 0 Å². The Morgan fingerprint density at radius 3 is 2.54 bits per heavy atom. The first-order valence-electron chi connectivity index (χ1n) is 7.87. The fraction of sp³-hybridized carbons (Fsp3) is 0. The van der Waals surface area contributed by atoms with Gasteiger partial charge >= 0.3 is 0 Å². The van der Waals surface area contributed by atoms with Crippen LogP contribution in [0.3, 0.4) is 0 Å². The number of aliphatic imine (C=N–C) groups is 1. The Bertz CT molecular complexity index is 1050. The number of nitrogens with one attached hydrogen (secondary N) is 1. The largest absolute Gasteiger partial charge is 0.451 e. The standard InChI is InChI=1S/C20H13FN2O3/c21-15-9-5-8-14-18(12-6-1-2-7-13(12)20(24)23-25)22-16-10-3-4-11-17(16)26-19(14)15/h1-11,25H,(H,23,24). The van der Waals surface area contributed by atoms with Gasteiger partial charge in [-0.1, -0.05) is 36.4 Å². The number of ether oxygens (including phenoxy) is 1. The van der Waals surface area contributed by atoms with Crippen LogP contribution in [0.5, 0.6) is 11.5 Å². The van der Waals surface area contributed by atoms with Gasteiger partial charge in [0, 0.05) is 11.1 Å². The first-order chi connectivity index (χ1) is 12.7. The summed E-state index contributed by atoms with van der Waals surface area (Å²) in [6.45, 7) is 0. The SMILES string of the molecule is O=C(NO)c1ccccc1C1=Nc2ccccc2Oc2c(F)cccc21. The number of rotatable bonds is 2. The van der Waals surface area contributed by atoms with E-state index in [0.717, 1.165) is 0 Å². The molecule has 128 valence electrons. The van der Waals surface area contributed by atoms with Crippen LogP contribution in [0.25, 0.3) is 0 Å². The number of benzene rings is 3. The summed E-state index contributed by atoms with van der Waals surface area (Å²) in [7, 11) is 0. The molecule has 0 unspecified atom stereocenters.